The predicted molar refractivity (Wildman–Crippen MR) is 64.3 cm³/mol. The Kier molecular flexibility index (Phi) is 3.66. The van der Waals surface area contributed by atoms with Gasteiger partial charge in [-0.2, -0.15) is 11.8 Å². The molecular weight excluding hydrogens is 227 g/mol. The largest absolute Gasteiger partial charge is 0.334 e. The van der Waals surface area contributed by atoms with Gasteiger partial charge in [0.1, 0.15) is 5.82 Å². The van der Waals surface area contributed by atoms with Crippen molar-refractivity contribution in [2.75, 3.05) is 16.8 Å². The van der Waals surface area contributed by atoms with Crippen molar-refractivity contribution in [1.82, 2.24) is 5.32 Å². The summed E-state index contributed by atoms with van der Waals surface area (Å²) in [5.74, 6) is 1.59. The molecule has 2 amide bonds. The Morgan fingerprint density at radius 2 is 2.25 bits per heavy atom. The van der Waals surface area contributed by atoms with Crippen molar-refractivity contribution >= 4 is 23.5 Å². The van der Waals surface area contributed by atoms with E-state index in [0.29, 0.717) is 0 Å². The zero-order valence-corrected chi connectivity index (χ0v) is 9.52. The van der Waals surface area contributed by atoms with E-state index in [2.05, 4.69) is 10.6 Å². The highest BCUT2D eigenvalue weighted by Crippen LogP contribution is 2.17. The number of benzene rings is 1. The molecule has 1 fully saturated rings. The molecule has 86 valence electrons. The maximum Gasteiger partial charge on any atom is 0.319 e. The number of rotatable bonds is 2. The first kappa shape index (κ1) is 11.3. The van der Waals surface area contributed by atoms with E-state index < -0.39 is 5.82 Å². The second-order valence-corrected chi connectivity index (χ2v) is 4.79. The van der Waals surface area contributed by atoms with Crippen molar-refractivity contribution in [3.05, 3.63) is 30.1 Å². The molecule has 0 bridgehead atoms. The van der Waals surface area contributed by atoms with Crippen molar-refractivity contribution in [2.24, 2.45) is 0 Å². The number of urea groups is 1. The summed E-state index contributed by atoms with van der Waals surface area (Å²) < 4.78 is 13.2. The molecule has 1 heterocycles. The van der Waals surface area contributed by atoms with Gasteiger partial charge in [0.15, 0.2) is 0 Å². The first-order chi connectivity index (χ1) is 7.75. The summed E-state index contributed by atoms with van der Waals surface area (Å²) in [5.41, 5.74) is 0.214. The van der Waals surface area contributed by atoms with Gasteiger partial charge in [-0.3, -0.25) is 0 Å². The smallest absolute Gasteiger partial charge is 0.319 e. The maximum atomic E-state index is 13.2. The maximum absolute atomic E-state index is 13.2. The van der Waals surface area contributed by atoms with Gasteiger partial charge in [0.05, 0.1) is 5.69 Å². The topological polar surface area (TPSA) is 41.1 Å². The second kappa shape index (κ2) is 5.21. The summed E-state index contributed by atoms with van der Waals surface area (Å²) >= 11 is 1.82. The van der Waals surface area contributed by atoms with Gasteiger partial charge in [-0.25, -0.2) is 9.18 Å². The quantitative estimate of drug-likeness (QED) is 0.833. The SMILES string of the molecule is O=C(Nc1ccccc1F)N[C@@H]1CCSC1. The number of thioether (sulfide) groups is 1. The molecule has 1 saturated heterocycles. The van der Waals surface area contributed by atoms with E-state index in [1.165, 1.54) is 12.1 Å². The lowest BCUT2D eigenvalue weighted by molar-refractivity contribution is 0.249. The molecule has 3 nitrogen and oxygen atoms in total. The summed E-state index contributed by atoms with van der Waals surface area (Å²) in [7, 11) is 0. The number of halogens is 1. The van der Waals surface area contributed by atoms with Gasteiger partial charge in [-0.15, -0.1) is 0 Å². The minimum Gasteiger partial charge on any atom is -0.334 e. The van der Waals surface area contributed by atoms with Crippen LogP contribution in [0, 0.1) is 5.82 Å². The van der Waals surface area contributed by atoms with Crippen molar-refractivity contribution in [2.45, 2.75) is 12.5 Å². The molecule has 1 aliphatic heterocycles. The van der Waals surface area contributed by atoms with Crippen LogP contribution < -0.4 is 10.6 Å². The van der Waals surface area contributed by atoms with Crippen LogP contribution in [0.15, 0.2) is 24.3 Å². The molecule has 0 spiro atoms. The molecule has 1 aliphatic rings. The summed E-state index contributed by atoms with van der Waals surface area (Å²) in [6.07, 6.45) is 0.982. The molecule has 0 unspecified atom stereocenters. The van der Waals surface area contributed by atoms with Crippen LogP contribution in [-0.2, 0) is 0 Å². The van der Waals surface area contributed by atoms with Gasteiger partial charge < -0.3 is 10.6 Å². The Labute approximate surface area is 97.8 Å². The Bertz CT molecular complexity index is 380. The average Bonchev–Trinajstić information content (AvgIpc) is 2.74. The van der Waals surface area contributed by atoms with Gasteiger partial charge in [-0.1, -0.05) is 12.1 Å². The molecular formula is C11H13FN2OS. The first-order valence-electron chi connectivity index (χ1n) is 5.15. The first-order valence-corrected chi connectivity index (χ1v) is 6.31. The van der Waals surface area contributed by atoms with Crippen LogP contribution in [0.5, 0.6) is 0 Å². The van der Waals surface area contributed by atoms with Crippen LogP contribution >= 0.6 is 11.8 Å². The fraction of sp³-hybridized carbons (Fsp3) is 0.364. The third-order valence-corrected chi connectivity index (χ3v) is 3.55. The molecule has 1 atom stereocenters. The van der Waals surface area contributed by atoms with E-state index in [4.69, 9.17) is 0 Å². The normalized spacial score (nSPS) is 19.4. The molecule has 0 saturated carbocycles. The van der Waals surface area contributed by atoms with Gasteiger partial charge in [0.25, 0.3) is 0 Å². The molecule has 1 aromatic rings. The Balaban J connectivity index is 1.89. The van der Waals surface area contributed by atoms with Gasteiger partial charge in [0.2, 0.25) is 0 Å². The third-order valence-electron chi connectivity index (χ3n) is 2.39. The minimum atomic E-state index is -0.418. The van der Waals surface area contributed by atoms with Crippen LogP contribution in [0.4, 0.5) is 14.9 Å². The summed E-state index contributed by atoms with van der Waals surface area (Å²) in [5, 5.41) is 5.32. The van der Waals surface area contributed by atoms with Gasteiger partial charge >= 0.3 is 6.03 Å². The molecule has 0 aliphatic carbocycles. The molecule has 1 aromatic carbocycles. The second-order valence-electron chi connectivity index (χ2n) is 3.64. The van der Waals surface area contributed by atoms with E-state index in [0.717, 1.165) is 17.9 Å². The predicted octanol–water partition coefficient (Wildman–Crippen LogP) is 2.45. The Morgan fingerprint density at radius 1 is 1.44 bits per heavy atom. The number of carbonyl (C=O) groups is 1. The molecule has 0 aromatic heterocycles. The molecule has 5 heteroatoms. The van der Waals surface area contributed by atoms with E-state index >= 15 is 0 Å². The lowest BCUT2D eigenvalue weighted by Crippen LogP contribution is -2.37. The zero-order chi connectivity index (χ0) is 11.4. The fourth-order valence-corrected chi connectivity index (χ4v) is 2.71. The van der Waals surface area contributed by atoms with Gasteiger partial charge in [-0.05, 0) is 24.3 Å². The monoisotopic (exact) mass is 240 g/mol. The van der Waals surface area contributed by atoms with E-state index in [9.17, 15) is 9.18 Å². The van der Waals surface area contributed by atoms with Crippen LogP contribution in [0.3, 0.4) is 0 Å². The lowest BCUT2D eigenvalue weighted by Gasteiger charge is -2.12. The number of carbonyl (C=O) groups excluding carboxylic acids is 1. The zero-order valence-electron chi connectivity index (χ0n) is 8.70. The standard InChI is InChI=1S/C11H13FN2OS/c12-9-3-1-2-4-10(9)14-11(15)13-8-5-6-16-7-8/h1-4,8H,5-7H2,(H2,13,14,15)/t8-/m1/s1. The van der Waals surface area contributed by atoms with Crippen LogP contribution in [-0.4, -0.2) is 23.6 Å². The van der Waals surface area contributed by atoms with Crippen molar-refractivity contribution in [3.63, 3.8) is 0 Å². The summed E-state index contributed by atoms with van der Waals surface area (Å²) in [6, 6.07) is 6.00. The van der Waals surface area contributed by atoms with E-state index in [1.807, 2.05) is 11.8 Å². The minimum absolute atomic E-state index is 0.205. The summed E-state index contributed by atoms with van der Waals surface area (Å²) in [6.45, 7) is 0. The highest BCUT2D eigenvalue weighted by Gasteiger charge is 2.17. The highest BCUT2D eigenvalue weighted by molar-refractivity contribution is 7.99. The van der Waals surface area contributed by atoms with E-state index in [1.54, 1.807) is 12.1 Å². The van der Waals surface area contributed by atoms with Crippen LogP contribution in [0.2, 0.25) is 0 Å². The fourth-order valence-electron chi connectivity index (χ4n) is 1.55. The van der Waals surface area contributed by atoms with Crippen molar-refractivity contribution in [3.8, 4) is 0 Å². The number of hydrogen-bond donors (Lipinski definition) is 2. The molecule has 0 radical (unpaired) electrons. The number of para-hydroxylation sites is 1. The van der Waals surface area contributed by atoms with Crippen molar-refractivity contribution in [1.29, 1.82) is 0 Å². The van der Waals surface area contributed by atoms with Crippen LogP contribution in [0.25, 0.3) is 0 Å². The number of amides is 2. The molecule has 2 rings (SSSR count). The van der Waals surface area contributed by atoms with Gasteiger partial charge in [0, 0.05) is 11.8 Å². The Morgan fingerprint density at radius 3 is 2.94 bits per heavy atom. The highest BCUT2D eigenvalue weighted by atomic mass is 32.2. The Hall–Kier alpha value is -1.23. The van der Waals surface area contributed by atoms with Crippen LogP contribution in [0.1, 0.15) is 6.42 Å². The number of hydrogen-bond acceptors (Lipinski definition) is 2. The molecule has 2 N–H and O–H groups in total. The summed E-state index contributed by atoms with van der Waals surface area (Å²) in [4.78, 5) is 11.5. The molecule has 16 heavy (non-hydrogen) atoms. The van der Waals surface area contributed by atoms with E-state index in [-0.39, 0.29) is 17.8 Å². The number of nitrogens with one attached hydrogen (secondary N) is 2. The van der Waals surface area contributed by atoms with Crippen molar-refractivity contribution < 1.29 is 9.18 Å². The number of anilines is 1. The lowest BCUT2D eigenvalue weighted by atomic mass is 10.3. The average molecular weight is 240 g/mol. The third kappa shape index (κ3) is 2.88.